The SMILES string of the molecule is CNC(C)C1CCCC(S(C)(=O)=O)C1. The minimum Gasteiger partial charge on any atom is -0.317 e. The van der Waals surface area contributed by atoms with Crippen molar-refractivity contribution in [1.82, 2.24) is 5.32 Å². The van der Waals surface area contributed by atoms with Crippen LogP contribution in [0.15, 0.2) is 0 Å². The average molecular weight is 219 g/mol. The number of nitrogens with one attached hydrogen (secondary N) is 1. The largest absolute Gasteiger partial charge is 0.317 e. The zero-order valence-electron chi connectivity index (χ0n) is 9.29. The highest BCUT2D eigenvalue weighted by atomic mass is 32.2. The first-order valence-corrected chi connectivity index (χ1v) is 7.26. The third-order valence-corrected chi connectivity index (χ3v) is 5.07. The Bertz CT molecular complexity index is 274. The van der Waals surface area contributed by atoms with Gasteiger partial charge in [-0.25, -0.2) is 8.42 Å². The van der Waals surface area contributed by atoms with Crippen LogP contribution in [0.1, 0.15) is 32.6 Å². The molecule has 0 radical (unpaired) electrons. The zero-order valence-corrected chi connectivity index (χ0v) is 10.1. The molecule has 1 N–H and O–H groups in total. The summed E-state index contributed by atoms with van der Waals surface area (Å²) in [6.07, 6.45) is 5.26. The van der Waals surface area contributed by atoms with E-state index >= 15 is 0 Å². The predicted octanol–water partition coefficient (Wildman–Crippen LogP) is 1.20. The fraction of sp³-hybridized carbons (Fsp3) is 1.00. The van der Waals surface area contributed by atoms with Crippen molar-refractivity contribution in [3.05, 3.63) is 0 Å². The van der Waals surface area contributed by atoms with Gasteiger partial charge >= 0.3 is 0 Å². The summed E-state index contributed by atoms with van der Waals surface area (Å²) in [4.78, 5) is 0. The van der Waals surface area contributed by atoms with Crippen LogP contribution >= 0.6 is 0 Å². The molecule has 1 rings (SSSR count). The fourth-order valence-electron chi connectivity index (χ4n) is 2.26. The molecule has 1 aliphatic carbocycles. The van der Waals surface area contributed by atoms with Gasteiger partial charge in [-0.1, -0.05) is 6.42 Å². The van der Waals surface area contributed by atoms with Crippen molar-refractivity contribution in [2.45, 2.75) is 43.9 Å². The van der Waals surface area contributed by atoms with Crippen LogP contribution in [0.2, 0.25) is 0 Å². The van der Waals surface area contributed by atoms with E-state index in [2.05, 4.69) is 12.2 Å². The summed E-state index contributed by atoms with van der Waals surface area (Å²) >= 11 is 0. The Kier molecular flexibility index (Phi) is 3.95. The zero-order chi connectivity index (χ0) is 10.8. The van der Waals surface area contributed by atoms with Crippen LogP contribution in [-0.4, -0.2) is 33.0 Å². The molecule has 0 saturated heterocycles. The molecule has 0 spiro atoms. The van der Waals surface area contributed by atoms with E-state index in [1.165, 1.54) is 6.26 Å². The summed E-state index contributed by atoms with van der Waals surface area (Å²) in [7, 11) is -0.889. The van der Waals surface area contributed by atoms with Crippen LogP contribution in [-0.2, 0) is 9.84 Å². The van der Waals surface area contributed by atoms with Gasteiger partial charge in [0.25, 0.3) is 0 Å². The van der Waals surface area contributed by atoms with E-state index in [1.54, 1.807) is 0 Å². The molecule has 1 fully saturated rings. The van der Waals surface area contributed by atoms with E-state index in [4.69, 9.17) is 0 Å². The molecule has 14 heavy (non-hydrogen) atoms. The lowest BCUT2D eigenvalue weighted by Crippen LogP contribution is -2.37. The molecule has 1 saturated carbocycles. The summed E-state index contributed by atoms with van der Waals surface area (Å²) in [6, 6.07) is 0.430. The van der Waals surface area contributed by atoms with Gasteiger partial charge in [0, 0.05) is 12.3 Å². The maximum absolute atomic E-state index is 11.4. The molecule has 3 atom stereocenters. The van der Waals surface area contributed by atoms with Gasteiger partial charge in [0.2, 0.25) is 0 Å². The second kappa shape index (κ2) is 4.62. The summed E-state index contributed by atoms with van der Waals surface area (Å²) in [5.74, 6) is 0.522. The highest BCUT2D eigenvalue weighted by molar-refractivity contribution is 7.91. The topological polar surface area (TPSA) is 46.2 Å². The Hall–Kier alpha value is -0.0900. The first-order chi connectivity index (χ1) is 6.45. The molecular formula is C10H21NO2S. The summed E-state index contributed by atoms with van der Waals surface area (Å²) in [5.41, 5.74) is 0. The van der Waals surface area contributed by atoms with Gasteiger partial charge in [0.05, 0.1) is 5.25 Å². The van der Waals surface area contributed by atoms with Crippen molar-refractivity contribution in [2.24, 2.45) is 5.92 Å². The van der Waals surface area contributed by atoms with Gasteiger partial charge in [-0.15, -0.1) is 0 Å². The Morgan fingerprint density at radius 1 is 1.36 bits per heavy atom. The summed E-state index contributed by atoms with van der Waals surface area (Å²) < 4.78 is 22.8. The smallest absolute Gasteiger partial charge is 0.150 e. The highest BCUT2D eigenvalue weighted by Crippen LogP contribution is 2.30. The molecule has 0 aliphatic heterocycles. The summed E-state index contributed by atoms with van der Waals surface area (Å²) in [6.45, 7) is 2.13. The van der Waals surface area contributed by atoms with Crippen molar-refractivity contribution in [3.63, 3.8) is 0 Å². The number of sulfone groups is 1. The minimum absolute atomic E-state index is 0.1000. The van der Waals surface area contributed by atoms with E-state index in [-0.39, 0.29) is 5.25 Å². The van der Waals surface area contributed by atoms with Crippen LogP contribution in [0.3, 0.4) is 0 Å². The lowest BCUT2D eigenvalue weighted by Gasteiger charge is -2.31. The van der Waals surface area contributed by atoms with E-state index in [9.17, 15) is 8.42 Å². The van der Waals surface area contributed by atoms with Crippen LogP contribution < -0.4 is 5.32 Å². The monoisotopic (exact) mass is 219 g/mol. The second-order valence-corrected chi connectivity index (χ2v) is 6.78. The lowest BCUT2D eigenvalue weighted by molar-refractivity contribution is 0.292. The van der Waals surface area contributed by atoms with Crippen LogP contribution in [0, 0.1) is 5.92 Å². The molecule has 4 heteroatoms. The van der Waals surface area contributed by atoms with Crippen molar-refractivity contribution >= 4 is 9.84 Å². The van der Waals surface area contributed by atoms with Crippen molar-refractivity contribution in [1.29, 1.82) is 0 Å². The standard InChI is InChI=1S/C10H21NO2S/c1-8(11-2)9-5-4-6-10(7-9)14(3,12)13/h8-11H,4-7H2,1-3H3. The first kappa shape index (κ1) is 12.0. The normalized spacial score (nSPS) is 31.4. The predicted molar refractivity (Wildman–Crippen MR) is 59.1 cm³/mol. The van der Waals surface area contributed by atoms with Gasteiger partial charge in [0.15, 0.2) is 0 Å². The maximum Gasteiger partial charge on any atom is 0.150 e. The van der Waals surface area contributed by atoms with E-state index in [0.29, 0.717) is 12.0 Å². The Labute approximate surface area is 87.2 Å². The highest BCUT2D eigenvalue weighted by Gasteiger charge is 2.30. The van der Waals surface area contributed by atoms with Crippen LogP contribution in [0.4, 0.5) is 0 Å². The fourth-order valence-corrected chi connectivity index (χ4v) is 3.45. The first-order valence-electron chi connectivity index (χ1n) is 5.31. The van der Waals surface area contributed by atoms with Crippen molar-refractivity contribution in [3.8, 4) is 0 Å². The van der Waals surface area contributed by atoms with E-state index in [0.717, 1.165) is 25.7 Å². The van der Waals surface area contributed by atoms with Gasteiger partial charge in [0.1, 0.15) is 9.84 Å². The maximum atomic E-state index is 11.4. The molecule has 84 valence electrons. The Morgan fingerprint density at radius 2 is 2.00 bits per heavy atom. The Balaban J connectivity index is 2.61. The molecule has 0 aromatic heterocycles. The van der Waals surface area contributed by atoms with E-state index < -0.39 is 9.84 Å². The number of hydrogen-bond acceptors (Lipinski definition) is 3. The molecule has 0 aromatic carbocycles. The minimum atomic E-state index is -2.83. The molecule has 3 unspecified atom stereocenters. The van der Waals surface area contributed by atoms with Gasteiger partial charge < -0.3 is 5.32 Å². The number of rotatable bonds is 3. The Morgan fingerprint density at radius 3 is 2.50 bits per heavy atom. The third kappa shape index (κ3) is 2.95. The van der Waals surface area contributed by atoms with Gasteiger partial charge in [-0.3, -0.25) is 0 Å². The van der Waals surface area contributed by atoms with Gasteiger partial charge in [-0.05, 0) is 39.2 Å². The molecule has 0 amide bonds. The summed E-state index contributed by atoms with van der Waals surface area (Å²) in [5, 5.41) is 3.11. The molecule has 0 heterocycles. The van der Waals surface area contributed by atoms with Crippen molar-refractivity contribution in [2.75, 3.05) is 13.3 Å². The lowest BCUT2D eigenvalue weighted by atomic mass is 9.84. The van der Waals surface area contributed by atoms with Crippen molar-refractivity contribution < 1.29 is 8.42 Å². The molecule has 1 aliphatic rings. The van der Waals surface area contributed by atoms with Gasteiger partial charge in [-0.2, -0.15) is 0 Å². The van der Waals surface area contributed by atoms with Crippen LogP contribution in [0.5, 0.6) is 0 Å². The number of hydrogen-bond donors (Lipinski definition) is 1. The molecule has 0 bridgehead atoms. The molecule has 0 aromatic rings. The van der Waals surface area contributed by atoms with Crippen LogP contribution in [0.25, 0.3) is 0 Å². The second-order valence-electron chi connectivity index (χ2n) is 4.46. The van der Waals surface area contributed by atoms with E-state index in [1.807, 2.05) is 7.05 Å². The molecular weight excluding hydrogens is 198 g/mol. The third-order valence-electron chi connectivity index (χ3n) is 3.43. The quantitative estimate of drug-likeness (QED) is 0.776. The average Bonchev–Trinajstić information content (AvgIpc) is 2.15. The molecule has 3 nitrogen and oxygen atoms in total.